The van der Waals surface area contributed by atoms with Gasteiger partial charge in [0.25, 0.3) is 0 Å². The van der Waals surface area contributed by atoms with Gasteiger partial charge in [0.2, 0.25) is 0 Å². The average Bonchev–Trinajstić information content (AvgIpc) is 1.81. The van der Waals surface area contributed by atoms with Crippen molar-refractivity contribution in [3.63, 3.8) is 0 Å². The number of rotatable bonds is 50. The third-order valence-electron chi connectivity index (χ3n) is 15.5. The summed E-state index contributed by atoms with van der Waals surface area (Å²) in [5.74, 6) is 1.44. The molecule has 2 aliphatic carbocycles. The molecule has 2 rings (SSSR count). The van der Waals surface area contributed by atoms with Crippen molar-refractivity contribution in [2.75, 3.05) is 352 Å². The maximum Gasteiger partial charge on any atom is 2.00 e. The number of nitrogens with zero attached hydrogens (tertiary/aromatic N) is 12. The van der Waals surface area contributed by atoms with E-state index in [0.29, 0.717) is 24.2 Å². The van der Waals surface area contributed by atoms with E-state index in [9.17, 15) is 0 Å². The van der Waals surface area contributed by atoms with Crippen LogP contribution in [0.25, 0.3) is 63.8 Å². The van der Waals surface area contributed by atoms with Crippen molar-refractivity contribution < 1.29 is 58.8 Å². The minimum absolute atomic E-state index is 0. The number of nitrogens with one attached hydrogen (secondary N) is 12. The van der Waals surface area contributed by atoms with Crippen molar-refractivity contribution in [1.29, 1.82) is 0 Å². The van der Waals surface area contributed by atoms with Crippen LogP contribution in [0.4, 0.5) is 0 Å². The summed E-state index contributed by atoms with van der Waals surface area (Å²) in [4.78, 5) is 17.7. The zero-order valence-electron chi connectivity index (χ0n) is 89.3. The van der Waals surface area contributed by atoms with Crippen molar-refractivity contribution >= 4 is 138 Å². The third kappa shape index (κ3) is 219. The molecule has 0 saturated heterocycles. The van der Waals surface area contributed by atoms with Gasteiger partial charge in [0, 0.05) is 0 Å². The van der Waals surface area contributed by atoms with Gasteiger partial charge >= 0.3 is 138 Å². The van der Waals surface area contributed by atoms with Gasteiger partial charge in [0.05, 0.1) is 248 Å². The van der Waals surface area contributed by atoms with Crippen LogP contribution in [0.15, 0.2) is 0 Å². The molecule has 2 atom stereocenters. The second-order valence-electron chi connectivity index (χ2n) is 37.8. The first-order chi connectivity index (χ1) is 51.8. The molecule has 0 radical (unpaired) electrons. The van der Waals surface area contributed by atoms with Crippen LogP contribution in [-0.4, -0.2) is 538 Å². The summed E-state index contributed by atoms with van der Waals surface area (Å²) in [7, 11) is 51.7. The Bertz CT molecular complexity index is 1500. The summed E-state index contributed by atoms with van der Waals surface area (Å²) in [5, 5.41) is 52.6. The summed E-state index contributed by atoms with van der Waals surface area (Å²) in [6.07, 6.45) is 7.74. The molecule has 0 aromatic rings. The quantitative estimate of drug-likeness (QED) is 0.0224. The smallest absolute Gasteiger partial charge is 0.658 e. The predicted molar refractivity (Wildman–Crippen MR) is 541 cm³/mol. The minimum Gasteiger partial charge on any atom is -0.658 e. The zero-order chi connectivity index (χ0) is 89.1. The van der Waals surface area contributed by atoms with Crippen LogP contribution in [0.1, 0.15) is 177 Å². The van der Waals surface area contributed by atoms with Gasteiger partial charge < -0.3 is 123 Å². The molecule has 12 N–H and O–H groups in total. The van der Waals surface area contributed by atoms with Crippen molar-refractivity contribution in [2.24, 2.45) is 11.8 Å². The van der Waals surface area contributed by atoms with Gasteiger partial charge in [-0.15, -0.1) is 60.4 Å². The Morgan fingerprint density at radius 2 is 0.424 bits per heavy atom. The van der Waals surface area contributed by atoms with Crippen LogP contribution in [-0.2, 0) is 0 Å². The molecular weight excluding hydrogens is 1540 g/mol. The van der Waals surface area contributed by atoms with Gasteiger partial charge in [-0.25, -0.2) is 0 Å². The molecule has 0 spiro atoms. The van der Waals surface area contributed by atoms with Crippen LogP contribution in [0, 0.1) is 11.8 Å². The Hall–Kier alpha value is 3.64. The second kappa shape index (κ2) is 117. The standard InChI is InChI=1S/6C8H19N2.2C7H15N2.2C7H17N2.2C6H15N2.6Mg/c2*1-8(2,3)9-6-7-10(4)5;2*1-8(2)7-9-5-6-10(3)4;2*1-5-8(2)9-6-7-10(3)4;2*1-9(2)6-5-8-7-3-4-7;2*1-7(2)8-5-6-9(3)4;2*1-4-7-5-6-8(2)3;;;;;;/h2*6-7H2,1-5H3;4*8H,5-7H2,1-4H3;2*7H,3-6H2,1-2H3;2*7H,5-6H2,1-4H3;2*4-6H2,1-3H3;;;;;;/q12*-1;6*+2/p+12. The van der Waals surface area contributed by atoms with Gasteiger partial charge in [0.1, 0.15) is 0 Å². The van der Waals surface area contributed by atoms with Crippen molar-refractivity contribution in [1.82, 2.24) is 0 Å². The molecule has 0 heterocycles. The van der Waals surface area contributed by atoms with E-state index in [4.69, 9.17) is 0 Å². The van der Waals surface area contributed by atoms with Gasteiger partial charge in [-0.2, -0.15) is 13.1 Å². The van der Waals surface area contributed by atoms with Gasteiger partial charge in [-0.3, -0.25) is 0 Å². The number of quaternary nitrogens is 12. The van der Waals surface area contributed by atoms with E-state index in [1.165, 1.54) is 110 Å². The maximum atomic E-state index is 4.48. The van der Waals surface area contributed by atoms with Crippen LogP contribution >= 0.6 is 0 Å². The summed E-state index contributed by atoms with van der Waals surface area (Å²) in [5.41, 5.74) is 0.297. The fourth-order valence-electron chi connectivity index (χ4n) is 7.28. The Kier molecular flexibility index (Phi) is 157. The number of hydrogen-bond donors (Lipinski definition) is 12. The van der Waals surface area contributed by atoms with E-state index in [2.05, 4.69) is 371 Å². The Balaban J connectivity index is -0.0000000684. The second-order valence-corrected chi connectivity index (χ2v) is 37.8. The van der Waals surface area contributed by atoms with Gasteiger partial charge in [-0.1, -0.05) is 267 Å². The molecule has 2 unspecified atom stereocenters. The van der Waals surface area contributed by atoms with E-state index < -0.39 is 0 Å². The van der Waals surface area contributed by atoms with Crippen LogP contribution < -0.4 is 58.8 Å². The fraction of sp³-hybridized carbons (Fsp3) is 1.00. The molecular formula is C88H220Mg6N24+12. The molecule has 2 aliphatic rings. The maximum absolute atomic E-state index is 4.48. The summed E-state index contributed by atoms with van der Waals surface area (Å²) in [6.45, 7) is 73.0. The molecule has 118 heavy (non-hydrogen) atoms. The Morgan fingerprint density at radius 1 is 0.246 bits per heavy atom. The summed E-state index contributed by atoms with van der Waals surface area (Å²) >= 11 is 0. The first kappa shape index (κ1) is 159. The van der Waals surface area contributed by atoms with Crippen LogP contribution in [0.3, 0.4) is 0 Å². The average molecular weight is 1760 g/mol. The summed E-state index contributed by atoms with van der Waals surface area (Å²) < 4.78 is 0. The first-order valence-corrected chi connectivity index (χ1v) is 45.2. The predicted octanol–water partition coefficient (Wildman–Crippen LogP) is -2.54. The van der Waals surface area contributed by atoms with E-state index in [1.54, 1.807) is 0 Å². The largest absolute Gasteiger partial charge is 2.00 e. The molecule has 0 aromatic heterocycles. The topological polar surface area (TPSA) is 222 Å². The minimum atomic E-state index is 0. The molecule has 24 nitrogen and oxygen atoms in total. The van der Waals surface area contributed by atoms with E-state index in [-0.39, 0.29) is 149 Å². The fourth-order valence-corrected chi connectivity index (χ4v) is 7.28. The van der Waals surface area contributed by atoms with Crippen molar-refractivity contribution in [3.05, 3.63) is 63.8 Å². The number of likely N-dealkylation sites (N-methyl/N-ethyl adjacent to an activating group) is 14. The Labute approximate surface area is 841 Å². The SMILES string of the molecule is CC(C)C[N-]CC[NH+](C)C.CC(C)C[N-]CC[NH+](C)C.CC(C)[N-]CC[NH+](C)C.CC(C)[N-]CC[NH+](C)C.CCC(C)[N-]CC[NH+](C)C.CCC(C)[N-]CC[NH+](C)C.CC[N-]CC[NH+](C)C.CC[N-]CC[NH+](C)C.C[NH+](C)CC[N-]C(C)(C)C.C[NH+](C)CC[N-]C(C)(C)C.C[NH+](C)CC[N-]C1CC1.C[NH+](C)CC[N-]C1CC1.[Mg+2].[Mg+2].[Mg+2].[Mg+2].[Mg+2].[Mg+2]. The summed E-state index contributed by atoms with van der Waals surface area (Å²) in [6, 6.07) is 3.63. The van der Waals surface area contributed by atoms with Crippen molar-refractivity contribution in [3.8, 4) is 0 Å². The molecule has 0 aromatic carbocycles. The van der Waals surface area contributed by atoms with E-state index >= 15 is 0 Å². The molecule has 0 bridgehead atoms. The molecule has 692 valence electrons. The molecule has 30 heteroatoms. The Morgan fingerprint density at radius 3 is 0.585 bits per heavy atom. The molecule has 0 aliphatic heterocycles. The van der Waals surface area contributed by atoms with Crippen molar-refractivity contribution in [2.45, 2.75) is 224 Å². The van der Waals surface area contributed by atoms with E-state index in [0.717, 1.165) is 194 Å². The van der Waals surface area contributed by atoms with Crippen LogP contribution in [0.5, 0.6) is 0 Å². The molecule has 2 saturated carbocycles. The molecule has 2 fully saturated rings. The monoisotopic (exact) mass is 1760 g/mol. The number of hydrogen-bond acceptors (Lipinski definition) is 0. The van der Waals surface area contributed by atoms with Gasteiger partial charge in [-0.05, 0) is 0 Å². The molecule has 0 amide bonds. The third-order valence-corrected chi connectivity index (χ3v) is 15.5. The van der Waals surface area contributed by atoms with E-state index in [1.807, 2.05) is 0 Å². The normalized spacial score (nSPS) is 12.5. The first-order valence-electron chi connectivity index (χ1n) is 45.2. The van der Waals surface area contributed by atoms with Gasteiger partial charge in [0.15, 0.2) is 0 Å². The van der Waals surface area contributed by atoms with Crippen LogP contribution in [0.2, 0.25) is 0 Å². The zero-order valence-corrected chi connectivity index (χ0v) is 97.8.